The summed E-state index contributed by atoms with van der Waals surface area (Å²) in [7, 11) is 0. The molecule has 6 heteroatoms. The summed E-state index contributed by atoms with van der Waals surface area (Å²) in [5.41, 5.74) is 2.03. The van der Waals surface area contributed by atoms with Crippen molar-refractivity contribution in [2.24, 2.45) is 0 Å². The second kappa shape index (κ2) is 6.65. The van der Waals surface area contributed by atoms with Crippen molar-refractivity contribution in [2.45, 2.75) is 24.9 Å². The summed E-state index contributed by atoms with van der Waals surface area (Å²) < 4.78 is 0. The molecule has 0 unspecified atom stereocenters. The number of amides is 1. The van der Waals surface area contributed by atoms with Crippen LogP contribution in [0.5, 0.6) is 0 Å². The number of anilines is 1. The van der Waals surface area contributed by atoms with Gasteiger partial charge in [-0.2, -0.15) is 11.8 Å². The van der Waals surface area contributed by atoms with Crippen LogP contribution in [0.25, 0.3) is 0 Å². The van der Waals surface area contributed by atoms with E-state index in [4.69, 9.17) is 5.11 Å². The van der Waals surface area contributed by atoms with E-state index in [1.165, 1.54) is 0 Å². The lowest BCUT2D eigenvalue weighted by atomic mass is 10.1. The molecule has 1 amide bonds. The Labute approximate surface area is 122 Å². The molecule has 0 radical (unpaired) electrons. The Balaban J connectivity index is 1.94. The van der Waals surface area contributed by atoms with Crippen molar-refractivity contribution in [1.82, 2.24) is 5.32 Å². The van der Waals surface area contributed by atoms with Crippen molar-refractivity contribution in [1.29, 1.82) is 0 Å². The van der Waals surface area contributed by atoms with Crippen LogP contribution in [0.1, 0.15) is 12.0 Å². The Morgan fingerprint density at radius 1 is 1.50 bits per heavy atom. The third kappa shape index (κ3) is 3.45. The second-order valence-corrected chi connectivity index (χ2v) is 5.72. The number of carbonyl (C=O) groups is 2. The van der Waals surface area contributed by atoms with Crippen LogP contribution in [0.3, 0.4) is 0 Å². The van der Waals surface area contributed by atoms with E-state index in [-0.39, 0.29) is 11.9 Å². The summed E-state index contributed by atoms with van der Waals surface area (Å²) in [6.07, 6.45) is 2.94. The van der Waals surface area contributed by atoms with Crippen LogP contribution in [-0.4, -0.2) is 41.1 Å². The van der Waals surface area contributed by atoms with Gasteiger partial charge < -0.3 is 15.7 Å². The lowest BCUT2D eigenvalue weighted by molar-refractivity contribution is -0.141. The Morgan fingerprint density at radius 2 is 2.25 bits per heavy atom. The van der Waals surface area contributed by atoms with Crippen LogP contribution in [0.4, 0.5) is 5.69 Å². The van der Waals surface area contributed by atoms with E-state index >= 15 is 0 Å². The standard InChI is InChI=1S/C14H18N2O3S/c1-20-7-6-11(14(18)19)16-13(17)12-8-9-4-2-3-5-10(9)15-12/h2-5,11-12,15H,6-8H2,1H3,(H,16,17)(H,18,19)/t11-,12-/m0/s1. The summed E-state index contributed by atoms with van der Waals surface area (Å²) >= 11 is 1.57. The Hall–Kier alpha value is -1.69. The molecule has 1 aliphatic rings. The highest BCUT2D eigenvalue weighted by Crippen LogP contribution is 2.25. The summed E-state index contributed by atoms with van der Waals surface area (Å²) in [6, 6.07) is 6.52. The van der Waals surface area contributed by atoms with Gasteiger partial charge in [-0.15, -0.1) is 0 Å². The van der Waals surface area contributed by atoms with E-state index in [0.717, 1.165) is 11.3 Å². The quantitative estimate of drug-likeness (QED) is 0.738. The third-order valence-electron chi connectivity index (χ3n) is 3.31. The summed E-state index contributed by atoms with van der Waals surface area (Å²) in [4.78, 5) is 23.3. The van der Waals surface area contributed by atoms with Gasteiger partial charge in [-0.1, -0.05) is 18.2 Å². The van der Waals surface area contributed by atoms with Crippen molar-refractivity contribution in [3.63, 3.8) is 0 Å². The van der Waals surface area contributed by atoms with Gasteiger partial charge in [0.25, 0.3) is 0 Å². The molecule has 1 aromatic rings. The fraction of sp³-hybridized carbons (Fsp3) is 0.429. The average molecular weight is 294 g/mol. The van der Waals surface area contributed by atoms with E-state index in [1.807, 2.05) is 30.5 Å². The highest BCUT2D eigenvalue weighted by atomic mass is 32.2. The molecular weight excluding hydrogens is 276 g/mol. The molecule has 1 heterocycles. The molecule has 0 saturated carbocycles. The molecular formula is C14H18N2O3S. The van der Waals surface area contributed by atoms with Crippen LogP contribution in [-0.2, 0) is 16.0 Å². The monoisotopic (exact) mass is 294 g/mol. The lowest BCUT2D eigenvalue weighted by Gasteiger charge is -2.17. The topological polar surface area (TPSA) is 78.4 Å². The second-order valence-electron chi connectivity index (χ2n) is 4.74. The van der Waals surface area contributed by atoms with E-state index in [2.05, 4.69) is 10.6 Å². The number of fused-ring (bicyclic) bond motifs is 1. The van der Waals surface area contributed by atoms with Crippen molar-refractivity contribution >= 4 is 29.3 Å². The van der Waals surface area contributed by atoms with Gasteiger partial charge in [-0.05, 0) is 30.1 Å². The van der Waals surface area contributed by atoms with Gasteiger partial charge in [0.05, 0.1) is 0 Å². The zero-order valence-corrected chi connectivity index (χ0v) is 12.1. The molecule has 0 fully saturated rings. The van der Waals surface area contributed by atoms with E-state index in [0.29, 0.717) is 18.6 Å². The highest BCUT2D eigenvalue weighted by Gasteiger charge is 2.29. The lowest BCUT2D eigenvalue weighted by Crippen LogP contribution is -2.47. The molecule has 1 aromatic carbocycles. The summed E-state index contributed by atoms with van der Waals surface area (Å²) in [6.45, 7) is 0. The maximum atomic E-state index is 12.1. The molecule has 0 aromatic heterocycles. The van der Waals surface area contributed by atoms with Crippen LogP contribution >= 0.6 is 11.8 Å². The minimum absolute atomic E-state index is 0.255. The first-order valence-electron chi connectivity index (χ1n) is 6.48. The molecule has 0 bridgehead atoms. The first-order valence-corrected chi connectivity index (χ1v) is 7.87. The zero-order valence-electron chi connectivity index (χ0n) is 11.3. The average Bonchev–Trinajstić information content (AvgIpc) is 2.86. The molecule has 0 aliphatic carbocycles. The third-order valence-corrected chi connectivity index (χ3v) is 3.96. The number of hydrogen-bond donors (Lipinski definition) is 3. The fourth-order valence-electron chi connectivity index (χ4n) is 2.22. The number of para-hydroxylation sites is 1. The van der Waals surface area contributed by atoms with E-state index < -0.39 is 12.0 Å². The van der Waals surface area contributed by atoms with Crippen molar-refractivity contribution in [2.75, 3.05) is 17.3 Å². The van der Waals surface area contributed by atoms with Gasteiger partial charge in [0.2, 0.25) is 5.91 Å². The largest absolute Gasteiger partial charge is 0.480 e. The predicted octanol–water partition coefficient (Wildman–Crippen LogP) is 1.35. The van der Waals surface area contributed by atoms with Crippen LogP contribution in [0.15, 0.2) is 24.3 Å². The molecule has 0 spiro atoms. The van der Waals surface area contributed by atoms with Crippen LogP contribution in [0.2, 0.25) is 0 Å². The molecule has 108 valence electrons. The smallest absolute Gasteiger partial charge is 0.326 e. The maximum absolute atomic E-state index is 12.1. The minimum atomic E-state index is -0.983. The minimum Gasteiger partial charge on any atom is -0.480 e. The number of aliphatic carboxylic acids is 1. The first kappa shape index (κ1) is 14.7. The van der Waals surface area contributed by atoms with Crippen molar-refractivity contribution in [3.05, 3.63) is 29.8 Å². The molecule has 2 rings (SSSR count). The Kier molecular flexibility index (Phi) is 4.89. The number of thioether (sulfide) groups is 1. The summed E-state index contributed by atoms with van der Waals surface area (Å²) in [5, 5.41) is 14.9. The van der Waals surface area contributed by atoms with Gasteiger partial charge in [0.15, 0.2) is 0 Å². The van der Waals surface area contributed by atoms with Gasteiger partial charge in [-0.25, -0.2) is 4.79 Å². The molecule has 2 atom stereocenters. The van der Waals surface area contributed by atoms with Gasteiger partial charge in [0, 0.05) is 12.1 Å². The molecule has 20 heavy (non-hydrogen) atoms. The van der Waals surface area contributed by atoms with Gasteiger partial charge >= 0.3 is 5.97 Å². The van der Waals surface area contributed by atoms with E-state index in [1.54, 1.807) is 11.8 Å². The fourth-order valence-corrected chi connectivity index (χ4v) is 2.69. The van der Waals surface area contributed by atoms with Crippen molar-refractivity contribution in [3.8, 4) is 0 Å². The Bertz CT molecular complexity index is 482. The maximum Gasteiger partial charge on any atom is 0.326 e. The number of benzene rings is 1. The number of nitrogens with one attached hydrogen (secondary N) is 2. The zero-order chi connectivity index (χ0) is 14.5. The van der Waals surface area contributed by atoms with E-state index in [9.17, 15) is 9.59 Å². The number of hydrogen-bond acceptors (Lipinski definition) is 4. The molecule has 1 aliphatic heterocycles. The highest BCUT2D eigenvalue weighted by molar-refractivity contribution is 7.98. The predicted molar refractivity (Wildman–Crippen MR) is 80.1 cm³/mol. The number of carboxylic acid groups (broad SMARTS) is 1. The molecule has 5 nitrogen and oxygen atoms in total. The van der Waals surface area contributed by atoms with Crippen molar-refractivity contribution < 1.29 is 14.7 Å². The SMILES string of the molecule is CSCC[C@H](NC(=O)[C@@H]1Cc2ccccc2N1)C(=O)O. The molecule has 0 saturated heterocycles. The van der Waals surface area contributed by atoms with Crippen LogP contribution in [0, 0.1) is 0 Å². The van der Waals surface area contributed by atoms with Crippen LogP contribution < -0.4 is 10.6 Å². The number of rotatable bonds is 6. The normalized spacial score (nSPS) is 17.9. The molecule has 3 N–H and O–H groups in total. The van der Waals surface area contributed by atoms with Gasteiger partial charge in [0.1, 0.15) is 12.1 Å². The first-order chi connectivity index (χ1) is 9.61. The number of carboxylic acids is 1. The summed E-state index contributed by atoms with van der Waals surface area (Å²) in [5.74, 6) is -0.534. The number of carbonyl (C=O) groups excluding carboxylic acids is 1. The Morgan fingerprint density at radius 3 is 2.90 bits per heavy atom. The van der Waals surface area contributed by atoms with Gasteiger partial charge in [-0.3, -0.25) is 4.79 Å².